The first-order valence-electron chi connectivity index (χ1n) is 8.19. The maximum atomic E-state index is 11.1. The number of amides is 1. The fraction of sp³-hybridized carbons (Fsp3) is 0.294. The van der Waals surface area contributed by atoms with Crippen LogP contribution < -0.4 is 5.32 Å². The molecule has 0 spiro atoms. The van der Waals surface area contributed by atoms with Gasteiger partial charge in [-0.05, 0) is 25.0 Å². The Bertz CT molecular complexity index is 909. The van der Waals surface area contributed by atoms with Crippen LogP contribution in [-0.2, 0) is 0 Å². The molecule has 3 aromatic heterocycles. The predicted octanol–water partition coefficient (Wildman–Crippen LogP) is 2.35. The van der Waals surface area contributed by atoms with Gasteiger partial charge in [0.25, 0.3) is 0 Å². The highest BCUT2D eigenvalue weighted by molar-refractivity contribution is 5.65. The van der Waals surface area contributed by atoms with E-state index in [4.69, 9.17) is 5.11 Å². The molecule has 0 radical (unpaired) electrons. The molecule has 4 rings (SSSR count). The first-order valence-corrected chi connectivity index (χ1v) is 8.19. The normalized spacial score (nSPS) is 17.6. The van der Waals surface area contributed by atoms with Crippen molar-refractivity contribution in [2.45, 2.75) is 18.9 Å². The standard InChI is InChI=1S/C17H18N6O2/c24-17(25)22-6-3-4-12(11-22)20-15-10-18-8-13(21-15)14-9-19-16-5-1-2-7-23(14)16/h1-2,5,7-10,12H,3-4,6,11H2,(H,20,21)(H,24,25)/t12-/m1/s1. The van der Waals surface area contributed by atoms with Crippen molar-refractivity contribution in [3.8, 4) is 11.4 Å². The van der Waals surface area contributed by atoms with E-state index in [1.807, 2.05) is 28.8 Å². The first-order chi connectivity index (χ1) is 12.2. The van der Waals surface area contributed by atoms with Crippen LogP contribution in [-0.4, -0.2) is 54.6 Å². The molecule has 1 amide bonds. The quantitative estimate of drug-likeness (QED) is 0.761. The molecule has 1 aliphatic rings. The van der Waals surface area contributed by atoms with E-state index in [0.717, 1.165) is 29.9 Å². The summed E-state index contributed by atoms with van der Waals surface area (Å²) in [6, 6.07) is 5.85. The van der Waals surface area contributed by atoms with Crippen LogP contribution in [0, 0.1) is 0 Å². The number of carboxylic acid groups (broad SMARTS) is 1. The SMILES string of the molecule is O=C(O)N1CCC[C@@H](Nc2cncc(-c3cnc4ccccn34)n2)C1. The highest BCUT2D eigenvalue weighted by Crippen LogP contribution is 2.20. The third-order valence-electron chi connectivity index (χ3n) is 4.36. The molecule has 8 heteroatoms. The third kappa shape index (κ3) is 3.10. The van der Waals surface area contributed by atoms with Crippen molar-refractivity contribution in [1.29, 1.82) is 0 Å². The Hall–Kier alpha value is -3.16. The Morgan fingerprint density at radius 3 is 3.08 bits per heavy atom. The van der Waals surface area contributed by atoms with Crippen LogP contribution in [0.15, 0.2) is 43.0 Å². The van der Waals surface area contributed by atoms with Gasteiger partial charge in [-0.1, -0.05) is 6.07 Å². The zero-order valence-electron chi connectivity index (χ0n) is 13.5. The van der Waals surface area contributed by atoms with Gasteiger partial charge in [-0.15, -0.1) is 0 Å². The van der Waals surface area contributed by atoms with Crippen molar-refractivity contribution in [3.63, 3.8) is 0 Å². The van der Waals surface area contributed by atoms with Crippen LogP contribution in [0.2, 0.25) is 0 Å². The molecule has 0 bridgehead atoms. The van der Waals surface area contributed by atoms with Crippen LogP contribution in [0.1, 0.15) is 12.8 Å². The molecule has 0 unspecified atom stereocenters. The number of pyridine rings is 1. The molecule has 1 saturated heterocycles. The summed E-state index contributed by atoms with van der Waals surface area (Å²) in [5.41, 5.74) is 2.43. The monoisotopic (exact) mass is 338 g/mol. The molecule has 1 fully saturated rings. The van der Waals surface area contributed by atoms with Crippen molar-refractivity contribution < 1.29 is 9.90 Å². The zero-order chi connectivity index (χ0) is 17.2. The molecule has 0 aromatic carbocycles. The summed E-state index contributed by atoms with van der Waals surface area (Å²) < 4.78 is 1.96. The van der Waals surface area contributed by atoms with Gasteiger partial charge in [0.2, 0.25) is 0 Å². The summed E-state index contributed by atoms with van der Waals surface area (Å²) in [6.45, 7) is 1.04. The van der Waals surface area contributed by atoms with Gasteiger partial charge in [0, 0.05) is 25.3 Å². The van der Waals surface area contributed by atoms with E-state index >= 15 is 0 Å². The number of imidazole rings is 1. The topological polar surface area (TPSA) is 95.7 Å². The summed E-state index contributed by atoms with van der Waals surface area (Å²) >= 11 is 0. The minimum Gasteiger partial charge on any atom is -0.465 e. The lowest BCUT2D eigenvalue weighted by atomic mass is 10.1. The highest BCUT2D eigenvalue weighted by Gasteiger charge is 2.23. The Kier molecular flexibility index (Phi) is 3.93. The van der Waals surface area contributed by atoms with Gasteiger partial charge in [-0.3, -0.25) is 9.38 Å². The van der Waals surface area contributed by atoms with Crippen LogP contribution in [0.4, 0.5) is 10.6 Å². The molecule has 4 heterocycles. The minimum absolute atomic E-state index is 0.0385. The summed E-state index contributed by atoms with van der Waals surface area (Å²) in [6.07, 6.45) is 7.94. The Balaban J connectivity index is 1.56. The predicted molar refractivity (Wildman–Crippen MR) is 92.5 cm³/mol. The van der Waals surface area contributed by atoms with Gasteiger partial charge in [0.15, 0.2) is 0 Å². The minimum atomic E-state index is -0.878. The number of fused-ring (bicyclic) bond motifs is 1. The molecule has 1 atom stereocenters. The molecule has 2 N–H and O–H groups in total. The van der Waals surface area contributed by atoms with Crippen molar-refractivity contribution in [1.82, 2.24) is 24.3 Å². The van der Waals surface area contributed by atoms with Gasteiger partial charge in [-0.2, -0.15) is 0 Å². The largest absolute Gasteiger partial charge is 0.465 e. The number of nitrogens with zero attached hydrogens (tertiary/aromatic N) is 5. The highest BCUT2D eigenvalue weighted by atomic mass is 16.4. The molecular formula is C17H18N6O2. The summed E-state index contributed by atoms with van der Waals surface area (Å²) in [4.78, 5) is 25.9. The fourth-order valence-corrected chi connectivity index (χ4v) is 3.16. The summed E-state index contributed by atoms with van der Waals surface area (Å²) in [7, 11) is 0. The fourth-order valence-electron chi connectivity index (χ4n) is 3.16. The number of rotatable bonds is 3. The maximum absolute atomic E-state index is 11.1. The van der Waals surface area contributed by atoms with Gasteiger partial charge in [0.05, 0.1) is 24.3 Å². The molecule has 3 aromatic rings. The maximum Gasteiger partial charge on any atom is 0.407 e. The van der Waals surface area contributed by atoms with Gasteiger partial charge >= 0.3 is 6.09 Å². The van der Waals surface area contributed by atoms with E-state index in [2.05, 4.69) is 20.3 Å². The first kappa shape index (κ1) is 15.4. The zero-order valence-corrected chi connectivity index (χ0v) is 13.5. The van der Waals surface area contributed by atoms with Gasteiger partial charge < -0.3 is 15.3 Å². The van der Waals surface area contributed by atoms with Crippen LogP contribution >= 0.6 is 0 Å². The van der Waals surface area contributed by atoms with E-state index in [-0.39, 0.29) is 6.04 Å². The van der Waals surface area contributed by atoms with E-state index in [1.54, 1.807) is 18.6 Å². The number of hydrogen-bond donors (Lipinski definition) is 2. The number of likely N-dealkylation sites (tertiary alicyclic amines) is 1. The number of piperidine rings is 1. The second-order valence-electron chi connectivity index (χ2n) is 6.07. The average Bonchev–Trinajstić information content (AvgIpc) is 3.06. The smallest absolute Gasteiger partial charge is 0.407 e. The number of anilines is 1. The lowest BCUT2D eigenvalue weighted by Gasteiger charge is -2.31. The van der Waals surface area contributed by atoms with E-state index in [1.165, 1.54) is 4.90 Å². The molecule has 0 aliphatic carbocycles. The number of nitrogens with one attached hydrogen (secondary N) is 1. The van der Waals surface area contributed by atoms with E-state index < -0.39 is 6.09 Å². The van der Waals surface area contributed by atoms with Gasteiger partial charge in [-0.25, -0.2) is 14.8 Å². The number of aromatic nitrogens is 4. The van der Waals surface area contributed by atoms with Crippen LogP contribution in [0.25, 0.3) is 17.0 Å². The Labute approximate surface area is 144 Å². The van der Waals surface area contributed by atoms with E-state index in [0.29, 0.717) is 18.9 Å². The second-order valence-corrected chi connectivity index (χ2v) is 6.07. The van der Waals surface area contributed by atoms with Crippen molar-refractivity contribution in [2.75, 3.05) is 18.4 Å². The number of hydrogen-bond acceptors (Lipinski definition) is 5. The van der Waals surface area contributed by atoms with Crippen molar-refractivity contribution in [2.24, 2.45) is 0 Å². The molecule has 0 saturated carbocycles. The second kappa shape index (κ2) is 6.39. The molecule has 25 heavy (non-hydrogen) atoms. The van der Waals surface area contributed by atoms with Crippen LogP contribution in [0.5, 0.6) is 0 Å². The lowest BCUT2D eigenvalue weighted by molar-refractivity contribution is 0.133. The van der Waals surface area contributed by atoms with E-state index in [9.17, 15) is 4.79 Å². The molecule has 1 aliphatic heterocycles. The van der Waals surface area contributed by atoms with Crippen molar-refractivity contribution >= 4 is 17.6 Å². The Morgan fingerprint density at radius 2 is 2.20 bits per heavy atom. The lowest BCUT2D eigenvalue weighted by Crippen LogP contribution is -2.44. The van der Waals surface area contributed by atoms with Gasteiger partial charge in [0.1, 0.15) is 17.2 Å². The number of carbonyl (C=O) groups is 1. The summed E-state index contributed by atoms with van der Waals surface area (Å²) in [5.74, 6) is 0.639. The van der Waals surface area contributed by atoms with Crippen molar-refractivity contribution in [3.05, 3.63) is 43.0 Å². The Morgan fingerprint density at radius 1 is 1.28 bits per heavy atom. The average molecular weight is 338 g/mol. The summed E-state index contributed by atoms with van der Waals surface area (Å²) in [5, 5.41) is 12.5. The van der Waals surface area contributed by atoms with Crippen LogP contribution in [0.3, 0.4) is 0 Å². The third-order valence-corrected chi connectivity index (χ3v) is 4.36. The molecule has 128 valence electrons. The molecule has 8 nitrogen and oxygen atoms in total. The molecular weight excluding hydrogens is 320 g/mol.